The number of carbonyl (C=O) groups is 1. The van der Waals surface area contributed by atoms with Crippen molar-refractivity contribution in [2.45, 2.75) is 12.5 Å². The Bertz CT molecular complexity index is 298. The zero-order valence-corrected chi connectivity index (χ0v) is 10.3. The summed E-state index contributed by atoms with van der Waals surface area (Å²) in [4.78, 5) is 14.0. The quantitative estimate of drug-likeness (QED) is 0.693. The lowest BCUT2D eigenvalue weighted by molar-refractivity contribution is -0.144. The summed E-state index contributed by atoms with van der Waals surface area (Å²) in [6.07, 6.45) is 2.68. The van der Waals surface area contributed by atoms with Gasteiger partial charge < -0.3 is 19.7 Å². The van der Waals surface area contributed by atoms with E-state index in [9.17, 15) is 4.79 Å². The van der Waals surface area contributed by atoms with Crippen LogP contribution in [0.3, 0.4) is 0 Å². The fraction of sp³-hybridized carbons (Fsp3) is 0.750. The number of hydrogen-bond donors (Lipinski definition) is 1. The molecule has 1 N–H and O–H groups in total. The maximum atomic E-state index is 12.1. The van der Waals surface area contributed by atoms with E-state index in [0.29, 0.717) is 26.3 Å². The SMILES string of the molecule is COCC1=CCN(C(=O)C2CNCCO2)CC1. The lowest BCUT2D eigenvalue weighted by Gasteiger charge is -2.31. The second kappa shape index (κ2) is 6.14. The number of nitrogens with zero attached hydrogens (tertiary/aromatic N) is 1. The summed E-state index contributed by atoms with van der Waals surface area (Å²) >= 11 is 0. The number of morpholine rings is 1. The van der Waals surface area contributed by atoms with Crippen molar-refractivity contribution in [3.05, 3.63) is 11.6 Å². The molecule has 2 aliphatic heterocycles. The van der Waals surface area contributed by atoms with Crippen LogP contribution in [0.25, 0.3) is 0 Å². The Kier molecular flexibility index (Phi) is 4.53. The summed E-state index contributed by atoms with van der Waals surface area (Å²) in [7, 11) is 1.69. The van der Waals surface area contributed by atoms with E-state index in [1.54, 1.807) is 7.11 Å². The summed E-state index contributed by atoms with van der Waals surface area (Å²) in [5.74, 6) is 0.102. The minimum atomic E-state index is -0.305. The van der Waals surface area contributed by atoms with Crippen molar-refractivity contribution < 1.29 is 14.3 Å². The Labute approximate surface area is 102 Å². The molecule has 5 nitrogen and oxygen atoms in total. The maximum Gasteiger partial charge on any atom is 0.253 e. The van der Waals surface area contributed by atoms with Crippen LogP contribution in [0.15, 0.2) is 11.6 Å². The molecular weight excluding hydrogens is 220 g/mol. The summed E-state index contributed by atoms with van der Waals surface area (Å²) in [5.41, 5.74) is 1.28. The predicted octanol–water partition coefficient (Wildman–Crippen LogP) is -0.220. The van der Waals surface area contributed by atoms with Gasteiger partial charge in [0.25, 0.3) is 5.91 Å². The van der Waals surface area contributed by atoms with E-state index in [2.05, 4.69) is 11.4 Å². The zero-order chi connectivity index (χ0) is 12.1. The van der Waals surface area contributed by atoms with Crippen molar-refractivity contribution in [1.82, 2.24) is 10.2 Å². The van der Waals surface area contributed by atoms with Gasteiger partial charge in [-0.25, -0.2) is 0 Å². The fourth-order valence-corrected chi connectivity index (χ4v) is 2.16. The van der Waals surface area contributed by atoms with Gasteiger partial charge in [-0.1, -0.05) is 6.08 Å². The van der Waals surface area contributed by atoms with Crippen molar-refractivity contribution in [3.63, 3.8) is 0 Å². The highest BCUT2D eigenvalue weighted by Gasteiger charge is 2.27. The molecule has 2 aliphatic rings. The second-order valence-corrected chi connectivity index (χ2v) is 4.39. The molecule has 0 aromatic rings. The molecule has 5 heteroatoms. The molecule has 0 aromatic heterocycles. The van der Waals surface area contributed by atoms with Crippen LogP contribution >= 0.6 is 0 Å². The van der Waals surface area contributed by atoms with Gasteiger partial charge in [0.15, 0.2) is 0 Å². The van der Waals surface area contributed by atoms with Crippen molar-refractivity contribution in [3.8, 4) is 0 Å². The summed E-state index contributed by atoms with van der Waals surface area (Å²) in [6, 6.07) is 0. The van der Waals surface area contributed by atoms with Gasteiger partial charge in [0, 0.05) is 33.3 Å². The molecule has 0 radical (unpaired) electrons. The number of methoxy groups -OCH3 is 1. The number of ether oxygens (including phenoxy) is 2. The van der Waals surface area contributed by atoms with Gasteiger partial charge in [-0.15, -0.1) is 0 Å². The monoisotopic (exact) mass is 240 g/mol. The molecule has 1 unspecified atom stereocenters. The van der Waals surface area contributed by atoms with Gasteiger partial charge in [-0.3, -0.25) is 4.79 Å². The van der Waals surface area contributed by atoms with Gasteiger partial charge >= 0.3 is 0 Å². The summed E-state index contributed by atoms with van der Waals surface area (Å²) in [5, 5.41) is 3.18. The lowest BCUT2D eigenvalue weighted by atomic mass is 10.1. The van der Waals surface area contributed by atoms with Crippen LogP contribution in [-0.4, -0.2) is 63.4 Å². The van der Waals surface area contributed by atoms with Crippen LogP contribution in [0.2, 0.25) is 0 Å². The standard InChI is InChI=1S/C12H20N2O3/c1-16-9-10-2-5-14(6-3-10)12(15)11-8-13-4-7-17-11/h2,11,13H,3-9H2,1H3. The Morgan fingerprint density at radius 1 is 1.71 bits per heavy atom. The van der Waals surface area contributed by atoms with Crippen molar-refractivity contribution in [2.75, 3.05) is 46.5 Å². The Hall–Kier alpha value is -0.910. The van der Waals surface area contributed by atoms with Crippen LogP contribution in [0.1, 0.15) is 6.42 Å². The number of hydrogen-bond acceptors (Lipinski definition) is 4. The summed E-state index contributed by atoms with van der Waals surface area (Å²) in [6.45, 7) is 4.20. The van der Waals surface area contributed by atoms with Gasteiger partial charge in [0.05, 0.1) is 13.2 Å². The third-order valence-electron chi connectivity index (χ3n) is 3.15. The van der Waals surface area contributed by atoms with Crippen LogP contribution < -0.4 is 5.32 Å². The Morgan fingerprint density at radius 2 is 2.59 bits per heavy atom. The predicted molar refractivity (Wildman–Crippen MR) is 63.8 cm³/mol. The molecule has 2 heterocycles. The minimum Gasteiger partial charge on any atom is -0.380 e. The highest BCUT2D eigenvalue weighted by molar-refractivity contribution is 5.81. The first kappa shape index (κ1) is 12.5. The van der Waals surface area contributed by atoms with E-state index in [-0.39, 0.29) is 12.0 Å². The minimum absolute atomic E-state index is 0.102. The molecule has 2 rings (SSSR count). The topological polar surface area (TPSA) is 50.8 Å². The zero-order valence-electron chi connectivity index (χ0n) is 10.3. The third kappa shape index (κ3) is 3.28. The first-order valence-corrected chi connectivity index (χ1v) is 6.09. The fourth-order valence-electron chi connectivity index (χ4n) is 2.16. The van der Waals surface area contributed by atoms with Crippen LogP contribution in [0.4, 0.5) is 0 Å². The molecule has 0 aliphatic carbocycles. The molecule has 1 atom stereocenters. The molecule has 1 amide bonds. The van der Waals surface area contributed by atoms with Gasteiger partial charge in [-0.2, -0.15) is 0 Å². The molecule has 1 fully saturated rings. The van der Waals surface area contributed by atoms with Crippen molar-refractivity contribution >= 4 is 5.91 Å². The van der Waals surface area contributed by atoms with E-state index in [1.165, 1.54) is 5.57 Å². The first-order valence-electron chi connectivity index (χ1n) is 6.09. The smallest absolute Gasteiger partial charge is 0.253 e. The molecule has 0 spiro atoms. The highest BCUT2D eigenvalue weighted by Crippen LogP contribution is 2.13. The largest absolute Gasteiger partial charge is 0.380 e. The van der Waals surface area contributed by atoms with Gasteiger partial charge in [0.1, 0.15) is 6.10 Å². The maximum absolute atomic E-state index is 12.1. The van der Waals surface area contributed by atoms with E-state index < -0.39 is 0 Å². The molecule has 96 valence electrons. The van der Waals surface area contributed by atoms with Crippen LogP contribution in [-0.2, 0) is 14.3 Å². The van der Waals surface area contributed by atoms with Gasteiger partial charge in [0.2, 0.25) is 0 Å². The molecular formula is C12H20N2O3. The van der Waals surface area contributed by atoms with E-state index in [0.717, 1.165) is 19.5 Å². The highest BCUT2D eigenvalue weighted by atomic mass is 16.5. The normalized spacial score (nSPS) is 25.6. The summed E-state index contributed by atoms with van der Waals surface area (Å²) < 4.78 is 10.6. The van der Waals surface area contributed by atoms with Crippen molar-refractivity contribution in [1.29, 1.82) is 0 Å². The average molecular weight is 240 g/mol. The number of amides is 1. The first-order chi connectivity index (χ1) is 8.31. The molecule has 0 saturated carbocycles. The third-order valence-corrected chi connectivity index (χ3v) is 3.15. The molecule has 0 bridgehead atoms. The number of nitrogens with one attached hydrogen (secondary N) is 1. The molecule has 0 aromatic carbocycles. The van der Waals surface area contributed by atoms with E-state index in [4.69, 9.17) is 9.47 Å². The Morgan fingerprint density at radius 3 is 3.18 bits per heavy atom. The van der Waals surface area contributed by atoms with E-state index >= 15 is 0 Å². The van der Waals surface area contributed by atoms with Crippen molar-refractivity contribution in [2.24, 2.45) is 0 Å². The average Bonchev–Trinajstić information content (AvgIpc) is 2.40. The molecule has 17 heavy (non-hydrogen) atoms. The van der Waals surface area contributed by atoms with Crippen LogP contribution in [0.5, 0.6) is 0 Å². The lowest BCUT2D eigenvalue weighted by Crippen LogP contribution is -2.50. The second-order valence-electron chi connectivity index (χ2n) is 4.39. The van der Waals surface area contributed by atoms with Crippen LogP contribution in [0, 0.1) is 0 Å². The Balaban J connectivity index is 1.85. The number of carbonyl (C=O) groups excluding carboxylic acids is 1. The van der Waals surface area contributed by atoms with Gasteiger partial charge in [-0.05, 0) is 12.0 Å². The molecule has 1 saturated heterocycles. The van der Waals surface area contributed by atoms with E-state index in [1.807, 2.05) is 4.90 Å². The number of rotatable bonds is 3.